The number of hydrogen-bond acceptors (Lipinski definition) is 1. The van der Waals surface area contributed by atoms with E-state index in [1.807, 2.05) is 0 Å². The lowest BCUT2D eigenvalue weighted by atomic mass is 9.79. The molecule has 1 aromatic rings. The molecule has 5 unspecified atom stereocenters. The van der Waals surface area contributed by atoms with Crippen molar-refractivity contribution in [2.45, 2.75) is 38.1 Å². The Morgan fingerprint density at radius 2 is 1.84 bits per heavy atom. The molecule has 1 aromatic carbocycles. The molecule has 0 aromatic heterocycles. The fourth-order valence-corrected chi connectivity index (χ4v) is 6.20. The Kier molecular flexibility index (Phi) is 3.19. The Morgan fingerprint density at radius 3 is 2.68 bits per heavy atom. The normalized spacial score (nSPS) is 39.6. The summed E-state index contributed by atoms with van der Waals surface area (Å²) >= 11 is 7.19. The average Bonchev–Trinajstić information content (AvgIpc) is 3.04. The molecule has 1 nitrogen and oxygen atoms in total. The minimum atomic E-state index is 0.710. The van der Waals surface area contributed by atoms with Gasteiger partial charge in [-0.05, 0) is 83.5 Å². The van der Waals surface area contributed by atoms with Gasteiger partial charge in [0, 0.05) is 20.7 Å². The third-order valence-corrected chi connectivity index (χ3v) is 6.85. The van der Waals surface area contributed by atoms with Crippen molar-refractivity contribution < 1.29 is 0 Å². The third kappa shape index (κ3) is 2.08. The van der Waals surface area contributed by atoms with E-state index in [-0.39, 0.29) is 0 Å². The Balaban J connectivity index is 1.52. The van der Waals surface area contributed by atoms with Crippen LogP contribution in [0.25, 0.3) is 0 Å². The van der Waals surface area contributed by atoms with Crippen molar-refractivity contribution in [2.24, 2.45) is 23.7 Å². The summed E-state index contributed by atoms with van der Waals surface area (Å²) in [6.07, 6.45) is 7.37. The van der Waals surface area contributed by atoms with Crippen LogP contribution >= 0.6 is 31.9 Å². The maximum atomic E-state index is 3.81. The predicted octanol–water partition coefficient (Wildman–Crippen LogP) is 5.45. The van der Waals surface area contributed by atoms with E-state index in [0.29, 0.717) is 6.04 Å². The number of rotatable bonds is 2. The maximum absolute atomic E-state index is 3.81. The SMILES string of the molecule is Brc1ccc(NC2CC3CC2C2CCCC32)c(Br)c1. The topological polar surface area (TPSA) is 12.0 Å². The molecule has 3 fully saturated rings. The molecular weight excluding hydrogens is 366 g/mol. The lowest BCUT2D eigenvalue weighted by Gasteiger charge is -2.33. The number of nitrogens with one attached hydrogen (secondary N) is 1. The minimum Gasteiger partial charge on any atom is -0.381 e. The second-order valence-electron chi connectivity index (χ2n) is 6.53. The molecule has 3 aliphatic carbocycles. The largest absolute Gasteiger partial charge is 0.381 e. The molecule has 0 spiro atoms. The minimum absolute atomic E-state index is 0.710. The average molecular weight is 385 g/mol. The van der Waals surface area contributed by atoms with Crippen molar-refractivity contribution >= 4 is 37.5 Å². The van der Waals surface area contributed by atoms with E-state index in [4.69, 9.17) is 0 Å². The van der Waals surface area contributed by atoms with E-state index in [0.717, 1.165) is 28.1 Å². The van der Waals surface area contributed by atoms with E-state index in [9.17, 15) is 0 Å². The Morgan fingerprint density at radius 1 is 1.00 bits per heavy atom. The third-order valence-electron chi connectivity index (χ3n) is 5.70. The first kappa shape index (κ1) is 12.7. The lowest BCUT2D eigenvalue weighted by molar-refractivity contribution is 0.243. The van der Waals surface area contributed by atoms with Crippen molar-refractivity contribution in [1.29, 1.82) is 0 Å². The van der Waals surface area contributed by atoms with Crippen molar-refractivity contribution in [2.75, 3.05) is 5.32 Å². The van der Waals surface area contributed by atoms with Crippen LogP contribution in [0, 0.1) is 23.7 Å². The Hall–Kier alpha value is -0.0200. The molecule has 3 heteroatoms. The fourth-order valence-electron chi connectivity index (χ4n) is 5.04. The summed E-state index contributed by atoms with van der Waals surface area (Å²) in [5.74, 6) is 4.07. The van der Waals surface area contributed by atoms with E-state index >= 15 is 0 Å². The molecule has 0 aliphatic heterocycles. The smallest absolute Gasteiger partial charge is 0.0487 e. The van der Waals surface area contributed by atoms with Gasteiger partial charge in [0.2, 0.25) is 0 Å². The predicted molar refractivity (Wildman–Crippen MR) is 86.3 cm³/mol. The van der Waals surface area contributed by atoms with Crippen LogP contribution in [0.4, 0.5) is 5.69 Å². The Labute approximate surface area is 131 Å². The molecule has 102 valence electrons. The lowest BCUT2D eigenvalue weighted by Crippen LogP contribution is -2.33. The van der Waals surface area contributed by atoms with E-state index in [1.165, 1.54) is 42.3 Å². The molecule has 4 rings (SSSR count). The first-order valence-electron chi connectivity index (χ1n) is 7.44. The maximum Gasteiger partial charge on any atom is 0.0487 e. The van der Waals surface area contributed by atoms with Gasteiger partial charge in [-0.3, -0.25) is 0 Å². The first-order chi connectivity index (χ1) is 9.22. The van der Waals surface area contributed by atoms with Gasteiger partial charge in [-0.2, -0.15) is 0 Å². The summed E-state index contributed by atoms with van der Waals surface area (Å²) in [7, 11) is 0. The molecule has 0 amide bonds. The Bertz CT molecular complexity index is 502. The van der Waals surface area contributed by atoms with Gasteiger partial charge in [0.1, 0.15) is 0 Å². The van der Waals surface area contributed by atoms with Crippen LogP contribution in [-0.4, -0.2) is 6.04 Å². The second kappa shape index (κ2) is 4.77. The van der Waals surface area contributed by atoms with Crippen molar-refractivity contribution in [3.63, 3.8) is 0 Å². The molecule has 3 aliphatic rings. The number of anilines is 1. The molecular formula is C16H19Br2N. The zero-order valence-electron chi connectivity index (χ0n) is 10.9. The van der Waals surface area contributed by atoms with Gasteiger partial charge >= 0.3 is 0 Å². The van der Waals surface area contributed by atoms with Crippen LogP contribution in [0.5, 0.6) is 0 Å². The highest BCUT2D eigenvalue weighted by atomic mass is 79.9. The zero-order valence-corrected chi connectivity index (χ0v) is 14.1. The molecule has 0 saturated heterocycles. The number of benzene rings is 1. The molecule has 1 N–H and O–H groups in total. The van der Waals surface area contributed by atoms with Gasteiger partial charge in [0.15, 0.2) is 0 Å². The van der Waals surface area contributed by atoms with Crippen molar-refractivity contribution in [3.05, 3.63) is 27.1 Å². The van der Waals surface area contributed by atoms with Crippen LogP contribution in [0.2, 0.25) is 0 Å². The van der Waals surface area contributed by atoms with Crippen LogP contribution in [0.3, 0.4) is 0 Å². The standard InChI is InChI=1S/C16H19Br2N/c17-10-4-5-15(14(18)8-10)19-16-7-9-6-13(16)12-3-1-2-11(9)12/h4-5,8-9,11-13,16,19H,1-3,6-7H2. The van der Waals surface area contributed by atoms with Gasteiger partial charge in [0.25, 0.3) is 0 Å². The monoisotopic (exact) mass is 383 g/mol. The summed E-state index contributed by atoms with van der Waals surface area (Å²) in [5.41, 5.74) is 1.26. The first-order valence-corrected chi connectivity index (χ1v) is 9.02. The molecule has 0 heterocycles. The summed E-state index contributed by atoms with van der Waals surface area (Å²) < 4.78 is 2.31. The van der Waals surface area contributed by atoms with Crippen LogP contribution in [-0.2, 0) is 0 Å². The van der Waals surface area contributed by atoms with Gasteiger partial charge < -0.3 is 5.32 Å². The van der Waals surface area contributed by atoms with Gasteiger partial charge in [-0.15, -0.1) is 0 Å². The number of hydrogen-bond donors (Lipinski definition) is 1. The van der Waals surface area contributed by atoms with Gasteiger partial charge in [-0.25, -0.2) is 0 Å². The summed E-state index contributed by atoms with van der Waals surface area (Å²) in [6, 6.07) is 7.15. The van der Waals surface area contributed by atoms with Crippen LogP contribution in [0.15, 0.2) is 27.1 Å². The highest BCUT2D eigenvalue weighted by molar-refractivity contribution is 9.11. The summed E-state index contributed by atoms with van der Waals surface area (Å²) in [4.78, 5) is 0. The second-order valence-corrected chi connectivity index (χ2v) is 8.30. The van der Waals surface area contributed by atoms with Crippen LogP contribution in [0.1, 0.15) is 32.1 Å². The molecule has 5 atom stereocenters. The quantitative estimate of drug-likeness (QED) is 0.714. The summed E-state index contributed by atoms with van der Waals surface area (Å²) in [6.45, 7) is 0. The van der Waals surface area contributed by atoms with Crippen LogP contribution < -0.4 is 5.32 Å². The van der Waals surface area contributed by atoms with E-state index in [2.05, 4.69) is 55.4 Å². The highest BCUT2D eigenvalue weighted by Crippen LogP contribution is 2.59. The zero-order chi connectivity index (χ0) is 13.0. The fraction of sp³-hybridized carbons (Fsp3) is 0.625. The molecule has 3 saturated carbocycles. The van der Waals surface area contributed by atoms with E-state index in [1.54, 1.807) is 0 Å². The summed E-state index contributed by atoms with van der Waals surface area (Å²) in [5, 5.41) is 3.81. The number of fused-ring (bicyclic) bond motifs is 5. The molecule has 19 heavy (non-hydrogen) atoms. The van der Waals surface area contributed by atoms with Gasteiger partial charge in [0.05, 0.1) is 0 Å². The molecule has 0 radical (unpaired) electrons. The van der Waals surface area contributed by atoms with Crippen molar-refractivity contribution in [1.82, 2.24) is 0 Å². The van der Waals surface area contributed by atoms with Gasteiger partial charge in [-0.1, -0.05) is 22.4 Å². The number of halogens is 2. The highest BCUT2D eigenvalue weighted by Gasteiger charge is 2.53. The van der Waals surface area contributed by atoms with Crippen molar-refractivity contribution in [3.8, 4) is 0 Å². The molecule has 2 bridgehead atoms. The van der Waals surface area contributed by atoms with E-state index < -0.39 is 0 Å².